The molecule has 128 valence electrons. The Balaban J connectivity index is 1.80. The smallest absolute Gasteiger partial charge is 0.243 e. The molecule has 0 fully saturated rings. The number of methoxy groups -OCH3 is 1. The quantitative estimate of drug-likeness (QED) is 0.572. The van der Waals surface area contributed by atoms with E-state index in [0.717, 1.165) is 27.0 Å². The number of carbonyl (C=O) groups is 1. The highest BCUT2D eigenvalue weighted by atomic mass is 79.9. The van der Waals surface area contributed by atoms with E-state index in [4.69, 9.17) is 17.0 Å². The largest absolute Gasteiger partial charge is 0.497 e. The number of nitrogens with one attached hydrogen (secondary N) is 1. The average molecular weight is 435 g/mol. The summed E-state index contributed by atoms with van der Waals surface area (Å²) in [5.74, 6) is 0.662. The van der Waals surface area contributed by atoms with Crippen molar-refractivity contribution in [3.8, 4) is 17.0 Å². The first kappa shape index (κ1) is 17.8. The minimum absolute atomic E-state index is 0.119. The molecule has 0 unspecified atom stereocenters. The second-order valence-electron chi connectivity index (χ2n) is 5.29. The highest BCUT2D eigenvalue weighted by Crippen LogP contribution is 2.25. The van der Waals surface area contributed by atoms with Crippen molar-refractivity contribution in [1.29, 1.82) is 0 Å². The fraction of sp³-hybridized carbons (Fsp3) is 0.111. The number of hydrogen-bond donors (Lipinski definition) is 1. The third kappa shape index (κ3) is 4.36. The van der Waals surface area contributed by atoms with Gasteiger partial charge in [-0.3, -0.25) is 10.2 Å². The van der Waals surface area contributed by atoms with E-state index in [9.17, 15) is 4.79 Å². The zero-order valence-corrected chi connectivity index (χ0v) is 16.6. The molecule has 0 aliphatic carbocycles. The summed E-state index contributed by atoms with van der Waals surface area (Å²) in [7, 11) is 1.63. The van der Waals surface area contributed by atoms with Crippen molar-refractivity contribution in [1.82, 2.24) is 4.68 Å². The maximum atomic E-state index is 12.4. The highest BCUT2D eigenvalue weighted by Gasteiger charge is 2.11. The van der Waals surface area contributed by atoms with E-state index < -0.39 is 0 Å². The van der Waals surface area contributed by atoms with Gasteiger partial charge in [0, 0.05) is 15.4 Å². The van der Waals surface area contributed by atoms with Gasteiger partial charge in [-0.1, -0.05) is 28.1 Å². The monoisotopic (exact) mass is 434 g/mol. The average Bonchev–Trinajstić information content (AvgIpc) is 2.98. The molecule has 0 aliphatic rings. The Labute approximate surface area is 163 Å². The summed E-state index contributed by atoms with van der Waals surface area (Å²) in [6.07, 6.45) is 0.285. The molecule has 0 saturated heterocycles. The molecule has 1 aromatic heterocycles. The van der Waals surface area contributed by atoms with Crippen molar-refractivity contribution in [3.05, 3.63) is 67.9 Å². The van der Waals surface area contributed by atoms with Gasteiger partial charge in [0.2, 0.25) is 5.91 Å². The van der Waals surface area contributed by atoms with Crippen LogP contribution in [0.4, 0.5) is 0 Å². The number of halogens is 1. The van der Waals surface area contributed by atoms with Gasteiger partial charge >= 0.3 is 0 Å². The molecule has 0 spiro atoms. The molecule has 0 bridgehead atoms. The topological polar surface area (TPSA) is 43.3 Å². The van der Waals surface area contributed by atoms with Crippen LogP contribution in [0.25, 0.3) is 11.3 Å². The Morgan fingerprint density at radius 1 is 1.20 bits per heavy atom. The molecule has 1 N–H and O–H groups in total. The highest BCUT2D eigenvalue weighted by molar-refractivity contribution is 9.10. The molecule has 0 radical (unpaired) electrons. The van der Waals surface area contributed by atoms with Crippen LogP contribution in [0.1, 0.15) is 5.56 Å². The van der Waals surface area contributed by atoms with E-state index in [1.807, 2.05) is 53.9 Å². The lowest BCUT2D eigenvalue weighted by Crippen LogP contribution is -2.25. The molecule has 25 heavy (non-hydrogen) atoms. The first-order valence-corrected chi connectivity index (χ1v) is 9.54. The van der Waals surface area contributed by atoms with Gasteiger partial charge in [-0.2, -0.15) is 0 Å². The number of amides is 1. The van der Waals surface area contributed by atoms with Crippen molar-refractivity contribution in [3.63, 3.8) is 0 Å². The van der Waals surface area contributed by atoms with Crippen molar-refractivity contribution in [2.24, 2.45) is 0 Å². The van der Waals surface area contributed by atoms with Crippen molar-refractivity contribution < 1.29 is 9.53 Å². The van der Waals surface area contributed by atoms with Crippen molar-refractivity contribution >= 4 is 45.4 Å². The molecule has 2 aromatic carbocycles. The first-order chi connectivity index (χ1) is 12.1. The molecule has 0 aliphatic heterocycles. The molecule has 0 saturated carbocycles. The van der Waals surface area contributed by atoms with Gasteiger partial charge in [-0.05, 0) is 54.2 Å². The lowest BCUT2D eigenvalue weighted by Gasteiger charge is -2.11. The van der Waals surface area contributed by atoms with Gasteiger partial charge in [0.1, 0.15) is 5.75 Å². The number of ether oxygens (including phenoxy) is 1. The summed E-state index contributed by atoms with van der Waals surface area (Å²) in [4.78, 5) is 12.4. The Morgan fingerprint density at radius 3 is 2.52 bits per heavy atom. The van der Waals surface area contributed by atoms with Crippen molar-refractivity contribution in [2.75, 3.05) is 12.5 Å². The number of thiazole rings is 1. The van der Waals surface area contributed by atoms with Gasteiger partial charge in [-0.25, -0.2) is 4.68 Å². The number of benzene rings is 2. The van der Waals surface area contributed by atoms with Crippen LogP contribution in [0.2, 0.25) is 0 Å². The SMILES string of the molecule is COc1ccc(-c2csc(=S)n2NC(=O)Cc2ccc(Br)cc2)cc1. The van der Waals surface area contributed by atoms with E-state index in [0.29, 0.717) is 3.95 Å². The van der Waals surface area contributed by atoms with Crippen molar-refractivity contribution in [2.45, 2.75) is 6.42 Å². The summed E-state index contributed by atoms with van der Waals surface area (Å²) >= 11 is 10.2. The van der Waals surface area contributed by atoms with Gasteiger partial charge in [0.05, 0.1) is 19.2 Å². The number of rotatable bonds is 5. The maximum absolute atomic E-state index is 12.4. The van der Waals surface area contributed by atoms with Crippen LogP contribution in [0.3, 0.4) is 0 Å². The summed E-state index contributed by atoms with van der Waals surface area (Å²) < 4.78 is 8.42. The second-order valence-corrected chi connectivity index (χ2v) is 7.71. The third-order valence-corrected chi connectivity index (χ3v) is 5.32. The number of aromatic nitrogens is 1. The van der Waals surface area contributed by atoms with E-state index in [-0.39, 0.29) is 12.3 Å². The van der Waals surface area contributed by atoms with Gasteiger partial charge < -0.3 is 4.74 Å². The van der Waals surface area contributed by atoms with E-state index in [1.54, 1.807) is 11.8 Å². The van der Waals surface area contributed by atoms with Crippen LogP contribution in [-0.4, -0.2) is 17.7 Å². The van der Waals surface area contributed by atoms with Crippen LogP contribution >= 0.6 is 39.5 Å². The van der Waals surface area contributed by atoms with E-state index in [1.165, 1.54) is 11.3 Å². The molecular formula is C18H15BrN2O2S2. The number of carbonyl (C=O) groups excluding carboxylic acids is 1. The Morgan fingerprint density at radius 2 is 1.88 bits per heavy atom. The molecular weight excluding hydrogens is 420 g/mol. The fourth-order valence-corrected chi connectivity index (χ4v) is 3.58. The van der Waals surface area contributed by atoms with Gasteiger partial charge in [-0.15, -0.1) is 11.3 Å². The lowest BCUT2D eigenvalue weighted by atomic mass is 10.1. The van der Waals surface area contributed by atoms with Crippen LogP contribution in [0.15, 0.2) is 58.4 Å². The normalized spacial score (nSPS) is 10.5. The molecule has 3 rings (SSSR count). The lowest BCUT2D eigenvalue weighted by molar-refractivity contribution is -0.116. The Kier molecular flexibility index (Phi) is 5.67. The van der Waals surface area contributed by atoms with Crippen LogP contribution in [0.5, 0.6) is 5.75 Å². The summed E-state index contributed by atoms with van der Waals surface area (Å²) in [5.41, 5.74) is 5.63. The molecule has 3 aromatic rings. The van der Waals surface area contributed by atoms with E-state index >= 15 is 0 Å². The second kappa shape index (κ2) is 7.95. The summed E-state index contributed by atoms with van der Waals surface area (Å²) in [5, 5.41) is 1.93. The Bertz CT molecular complexity index is 931. The molecule has 0 atom stereocenters. The van der Waals surface area contributed by atoms with Crippen LogP contribution < -0.4 is 10.2 Å². The fourth-order valence-electron chi connectivity index (χ4n) is 2.33. The van der Waals surface area contributed by atoms with E-state index in [2.05, 4.69) is 21.4 Å². The minimum Gasteiger partial charge on any atom is -0.497 e. The first-order valence-electron chi connectivity index (χ1n) is 7.46. The van der Waals surface area contributed by atoms with Gasteiger partial charge in [0.25, 0.3) is 0 Å². The molecule has 4 nitrogen and oxygen atoms in total. The predicted octanol–water partition coefficient (Wildman–Crippen LogP) is 5.03. The number of nitrogens with zero attached hydrogens (tertiary/aromatic N) is 1. The molecule has 1 amide bonds. The number of hydrogen-bond acceptors (Lipinski definition) is 4. The zero-order valence-electron chi connectivity index (χ0n) is 13.4. The third-order valence-electron chi connectivity index (χ3n) is 3.60. The minimum atomic E-state index is -0.119. The van der Waals surface area contributed by atoms with Gasteiger partial charge in [0.15, 0.2) is 3.95 Å². The molecule has 7 heteroatoms. The maximum Gasteiger partial charge on any atom is 0.243 e. The predicted molar refractivity (Wildman–Crippen MR) is 107 cm³/mol. The standard InChI is InChI=1S/C18H15BrN2O2S2/c1-23-15-8-4-13(5-9-15)16-11-25-18(24)21(16)20-17(22)10-12-2-6-14(19)7-3-12/h2-9,11H,10H2,1H3,(H,20,22). The van der Waals surface area contributed by atoms with Crippen LogP contribution in [0, 0.1) is 3.95 Å². The zero-order chi connectivity index (χ0) is 17.8. The molecule has 1 heterocycles. The van der Waals surface area contributed by atoms with Crippen LogP contribution in [-0.2, 0) is 11.2 Å². The Hall–Kier alpha value is -1.96. The summed E-state index contributed by atoms with van der Waals surface area (Å²) in [6.45, 7) is 0. The summed E-state index contributed by atoms with van der Waals surface area (Å²) in [6, 6.07) is 15.3.